The predicted molar refractivity (Wildman–Crippen MR) is 96.5 cm³/mol. The van der Waals surface area contributed by atoms with Gasteiger partial charge in [-0.25, -0.2) is 4.98 Å². The fraction of sp³-hybridized carbons (Fsp3) is 0.389. The largest absolute Gasteiger partial charge is 0.349 e. The molecule has 0 aliphatic heterocycles. The van der Waals surface area contributed by atoms with Gasteiger partial charge in [-0.1, -0.05) is 11.6 Å². The van der Waals surface area contributed by atoms with Gasteiger partial charge in [-0.05, 0) is 49.4 Å². The number of fused-ring (bicyclic) bond motifs is 2. The van der Waals surface area contributed by atoms with E-state index in [1.807, 2.05) is 12.1 Å². The number of aromatic amines is 2. The molecule has 2 heterocycles. The zero-order valence-electron chi connectivity index (χ0n) is 13.9. The number of carbonyl (C=O) groups is 1. The molecule has 3 aromatic rings. The van der Waals surface area contributed by atoms with E-state index in [4.69, 9.17) is 11.6 Å². The van der Waals surface area contributed by atoms with Crippen LogP contribution in [0.25, 0.3) is 11.0 Å². The van der Waals surface area contributed by atoms with E-state index in [1.165, 1.54) is 24.1 Å². The highest BCUT2D eigenvalue weighted by atomic mass is 35.5. The minimum atomic E-state index is 0.00560. The summed E-state index contributed by atoms with van der Waals surface area (Å²) in [5, 5.41) is 11.1. The second-order valence-electron chi connectivity index (χ2n) is 6.46. The Hall–Kier alpha value is -2.34. The Bertz CT molecular complexity index is 913. The van der Waals surface area contributed by atoms with Crippen LogP contribution in [0.1, 0.15) is 42.0 Å². The zero-order valence-corrected chi connectivity index (χ0v) is 14.6. The number of aryl methyl sites for hydroxylation is 2. The van der Waals surface area contributed by atoms with Gasteiger partial charge in [0.1, 0.15) is 5.82 Å². The molecule has 0 saturated heterocycles. The van der Waals surface area contributed by atoms with Crippen LogP contribution in [0.4, 0.5) is 0 Å². The summed E-state index contributed by atoms with van der Waals surface area (Å²) >= 11 is 5.97. The Morgan fingerprint density at radius 2 is 2.16 bits per heavy atom. The molecule has 7 heteroatoms. The van der Waals surface area contributed by atoms with Crippen LogP contribution in [-0.4, -0.2) is 26.1 Å². The number of nitrogens with one attached hydrogen (secondary N) is 3. The molecule has 0 saturated carbocycles. The number of hydrogen-bond donors (Lipinski definition) is 3. The normalized spacial score (nSPS) is 13.8. The molecule has 0 radical (unpaired) electrons. The van der Waals surface area contributed by atoms with Gasteiger partial charge in [0.15, 0.2) is 0 Å². The summed E-state index contributed by atoms with van der Waals surface area (Å²) in [7, 11) is 0. The van der Waals surface area contributed by atoms with E-state index in [1.54, 1.807) is 6.07 Å². The number of imidazole rings is 1. The maximum Gasteiger partial charge on any atom is 0.220 e. The quantitative estimate of drug-likeness (QED) is 0.655. The second-order valence-corrected chi connectivity index (χ2v) is 6.89. The molecule has 130 valence electrons. The molecule has 1 aliphatic rings. The molecule has 6 nitrogen and oxygen atoms in total. The number of nitrogens with zero attached hydrogens (tertiary/aromatic N) is 2. The van der Waals surface area contributed by atoms with Crippen LogP contribution < -0.4 is 5.32 Å². The highest BCUT2D eigenvalue weighted by Gasteiger charge is 2.17. The third-order valence-electron chi connectivity index (χ3n) is 4.68. The summed E-state index contributed by atoms with van der Waals surface area (Å²) in [4.78, 5) is 19.8. The van der Waals surface area contributed by atoms with Crippen LogP contribution in [0.3, 0.4) is 0 Å². The molecule has 0 unspecified atom stereocenters. The van der Waals surface area contributed by atoms with Crippen molar-refractivity contribution in [3.8, 4) is 0 Å². The standard InChI is InChI=1S/C18H20ClN5O/c19-11-5-6-15-16(9-11)22-17(21-15)10-20-18(25)8-7-14-12-3-1-2-4-13(12)23-24-14/h5-6,9H,1-4,7-8,10H2,(H,20,25)(H,21,22)(H,23,24). The van der Waals surface area contributed by atoms with Gasteiger partial charge in [0.05, 0.1) is 23.3 Å². The molecule has 1 amide bonds. The fourth-order valence-electron chi connectivity index (χ4n) is 3.38. The van der Waals surface area contributed by atoms with E-state index < -0.39 is 0 Å². The average Bonchev–Trinajstić information content (AvgIpc) is 3.21. The highest BCUT2D eigenvalue weighted by Crippen LogP contribution is 2.23. The maximum atomic E-state index is 12.1. The Morgan fingerprint density at radius 3 is 3.08 bits per heavy atom. The summed E-state index contributed by atoms with van der Waals surface area (Å²) in [5.41, 5.74) is 5.34. The number of halogens is 1. The summed E-state index contributed by atoms with van der Waals surface area (Å²) in [6.07, 6.45) is 5.69. The lowest BCUT2D eigenvalue weighted by atomic mass is 9.95. The summed E-state index contributed by atoms with van der Waals surface area (Å²) in [6, 6.07) is 5.49. The number of amides is 1. The van der Waals surface area contributed by atoms with Gasteiger partial charge < -0.3 is 10.3 Å². The molecule has 4 rings (SSSR count). The van der Waals surface area contributed by atoms with E-state index in [9.17, 15) is 4.79 Å². The molecular formula is C18H20ClN5O. The lowest BCUT2D eigenvalue weighted by Gasteiger charge is -2.11. The van der Waals surface area contributed by atoms with Crippen molar-refractivity contribution in [2.24, 2.45) is 0 Å². The average molecular weight is 358 g/mol. The maximum absolute atomic E-state index is 12.1. The topological polar surface area (TPSA) is 86.5 Å². The molecule has 0 fully saturated rings. The van der Waals surface area contributed by atoms with E-state index >= 15 is 0 Å². The van der Waals surface area contributed by atoms with Crippen molar-refractivity contribution in [3.63, 3.8) is 0 Å². The Labute approximate surface area is 150 Å². The van der Waals surface area contributed by atoms with Crippen molar-refractivity contribution in [1.29, 1.82) is 0 Å². The number of aromatic nitrogens is 4. The van der Waals surface area contributed by atoms with E-state index in [2.05, 4.69) is 25.5 Å². The summed E-state index contributed by atoms with van der Waals surface area (Å²) < 4.78 is 0. The van der Waals surface area contributed by atoms with E-state index in [0.29, 0.717) is 24.4 Å². The Kier molecular flexibility index (Phi) is 4.44. The molecular weight excluding hydrogens is 338 g/mol. The number of hydrogen-bond acceptors (Lipinski definition) is 3. The lowest BCUT2D eigenvalue weighted by molar-refractivity contribution is -0.121. The molecule has 2 aromatic heterocycles. The van der Waals surface area contributed by atoms with Gasteiger partial charge in [0, 0.05) is 23.6 Å². The van der Waals surface area contributed by atoms with Gasteiger partial charge in [-0.3, -0.25) is 9.89 Å². The number of carbonyl (C=O) groups excluding carboxylic acids is 1. The highest BCUT2D eigenvalue weighted by molar-refractivity contribution is 6.31. The van der Waals surface area contributed by atoms with Gasteiger partial charge in [0.25, 0.3) is 0 Å². The van der Waals surface area contributed by atoms with E-state index in [-0.39, 0.29) is 5.91 Å². The zero-order chi connectivity index (χ0) is 17.2. The molecule has 25 heavy (non-hydrogen) atoms. The van der Waals surface area contributed by atoms with Crippen LogP contribution in [0.5, 0.6) is 0 Å². The van der Waals surface area contributed by atoms with Gasteiger partial charge >= 0.3 is 0 Å². The monoisotopic (exact) mass is 357 g/mol. The van der Waals surface area contributed by atoms with Crippen LogP contribution in [0, 0.1) is 0 Å². The third kappa shape index (κ3) is 3.54. The fourth-order valence-corrected chi connectivity index (χ4v) is 3.55. The van der Waals surface area contributed by atoms with E-state index in [0.717, 1.165) is 35.4 Å². The Morgan fingerprint density at radius 1 is 1.28 bits per heavy atom. The molecule has 0 bridgehead atoms. The third-order valence-corrected chi connectivity index (χ3v) is 4.91. The predicted octanol–water partition coefficient (Wildman–Crippen LogP) is 3.07. The molecule has 0 spiro atoms. The summed E-state index contributed by atoms with van der Waals surface area (Å²) in [6.45, 7) is 0.379. The second kappa shape index (κ2) is 6.88. The first-order valence-corrected chi connectivity index (χ1v) is 9.02. The Balaban J connectivity index is 1.32. The minimum Gasteiger partial charge on any atom is -0.349 e. The van der Waals surface area contributed by atoms with Crippen molar-refractivity contribution < 1.29 is 4.79 Å². The molecule has 1 aromatic carbocycles. The van der Waals surface area contributed by atoms with Crippen LogP contribution in [0.2, 0.25) is 5.02 Å². The first-order chi connectivity index (χ1) is 12.2. The first-order valence-electron chi connectivity index (χ1n) is 8.65. The van der Waals surface area contributed by atoms with Crippen LogP contribution in [-0.2, 0) is 30.6 Å². The van der Waals surface area contributed by atoms with Crippen molar-refractivity contribution in [2.75, 3.05) is 0 Å². The van der Waals surface area contributed by atoms with Crippen molar-refractivity contribution in [1.82, 2.24) is 25.5 Å². The molecule has 3 N–H and O–H groups in total. The van der Waals surface area contributed by atoms with Crippen LogP contribution >= 0.6 is 11.6 Å². The first kappa shape index (κ1) is 16.1. The smallest absolute Gasteiger partial charge is 0.220 e. The SMILES string of the molecule is O=C(CCc1n[nH]c2c1CCCC2)NCc1nc2ccc(Cl)cc2[nH]1. The number of benzene rings is 1. The number of H-pyrrole nitrogens is 2. The van der Waals surface area contributed by atoms with Gasteiger partial charge in [-0.15, -0.1) is 0 Å². The van der Waals surface area contributed by atoms with Crippen molar-refractivity contribution in [3.05, 3.63) is 46.0 Å². The number of rotatable bonds is 5. The molecule has 0 atom stereocenters. The van der Waals surface area contributed by atoms with Crippen molar-refractivity contribution in [2.45, 2.75) is 45.1 Å². The van der Waals surface area contributed by atoms with Crippen molar-refractivity contribution >= 4 is 28.5 Å². The minimum absolute atomic E-state index is 0.00560. The van der Waals surface area contributed by atoms with Gasteiger partial charge in [-0.2, -0.15) is 5.10 Å². The lowest BCUT2D eigenvalue weighted by Crippen LogP contribution is -2.23. The summed E-state index contributed by atoms with van der Waals surface area (Å²) in [5.74, 6) is 0.730. The van der Waals surface area contributed by atoms with Gasteiger partial charge in [0.2, 0.25) is 5.91 Å². The molecule has 1 aliphatic carbocycles. The van der Waals surface area contributed by atoms with Crippen LogP contribution in [0.15, 0.2) is 18.2 Å².